The molecule has 3 N–H and O–H groups in total. The Kier molecular flexibility index (Phi) is 7.10. The molecule has 1 aromatic heterocycles. The fourth-order valence-corrected chi connectivity index (χ4v) is 2.57. The predicted molar refractivity (Wildman–Crippen MR) is 103 cm³/mol. The lowest BCUT2D eigenvalue weighted by Crippen LogP contribution is -2.34. The van der Waals surface area contributed by atoms with E-state index in [0.717, 1.165) is 23.0 Å². The molecule has 0 spiro atoms. The van der Waals surface area contributed by atoms with Gasteiger partial charge in [-0.2, -0.15) is 5.10 Å². The Morgan fingerprint density at radius 3 is 2.56 bits per heavy atom. The van der Waals surface area contributed by atoms with Crippen LogP contribution in [0.4, 0.5) is 0 Å². The van der Waals surface area contributed by atoms with Crippen LogP contribution in [0, 0.1) is 0 Å². The molecule has 144 valence electrons. The first-order valence-corrected chi connectivity index (χ1v) is 8.93. The summed E-state index contributed by atoms with van der Waals surface area (Å²) in [5.74, 6) is -0.743. The lowest BCUT2D eigenvalue weighted by atomic mass is 10.1. The summed E-state index contributed by atoms with van der Waals surface area (Å²) in [4.78, 5) is 38.4. The summed E-state index contributed by atoms with van der Waals surface area (Å²) < 4.78 is 1.07. The quantitative estimate of drug-likeness (QED) is 0.483. The Balaban J connectivity index is 2.40. The molecule has 0 fully saturated rings. The molecule has 2 rings (SSSR count). The average molecular weight is 372 g/mol. The van der Waals surface area contributed by atoms with Crippen LogP contribution in [-0.2, 0) is 11.3 Å². The third-order valence-corrected chi connectivity index (χ3v) is 4.05. The van der Waals surface area contributed by atoms with Gasteiger partial charge in [-0.05, 0) is 18.4 Å². The minimum absolute atomic E-state index is 0.0924. The summed E-state index contributed by atoms with van der Waals surface area (Å²) in [6.45, 7) is 3.80. The van der Waals surface area contributed by atoms with E-state index in [1.807, 2.05) is 25.1 Å². The van der Waals surface area contributed by atoms with Crippen LogP contribution in [0.3, 0.4) is 0 Å². The van der Waals surface area contributed by atoms with Crippen molar-refractivity contribution in [1.82, 2.24) is 15.0 Å². The zero-order valence-corrected chi connectivity index (χ0v) is 15.5. The molecule has 0 unspecified atom stereocenters. The number of carbonyl (C=O) groups is 1. The summed E-state index contributed by atoms with van der Waals surface area (Å²) in [5.41, 5.74) is 1.80. The molecule has 0 aliphatic rings. The fourth-order valence-electron chi connectivity index (χ4n) is 2.57. The molecule has 1 heterocycles. The molecule has 0 atom stereocenters. The van der Waals surface area contributed by atoms with Gasteiger partial charge in [0.05, 0.1) is 12.3 Å². The number of H-pyrrole nitrogens is 1. The minimum Gasteiger partial charge on any atom is -0.494 e. The molecule has 0 aliphatic carbocycles. The molecule has 0 saturated heterocycles. The molecular formula is C19H24N4O4. The van der Waals surface area contributed by atoms with Crippen LogP contribution < -0.4 is 16.7 Å². The highest BCUT2D eigenvalue weighted by Gasteiger charge is 2.19. The second-order valence-corrected chi connectivity index (χ2v) is 6.08. The van der Waals surface area contributed by atoms with Crippen molar-refractivity contribution in [3.8, 4) is 5.88 Å². The number of nitrogens with one attached hydrogen (secondary N) is 2. The Morgan fingerprint density at radius 1 is 1.22 bits per heavy atom. The molecule has 1 aromatic carbocycles. The molecule has 0 bridgehead atoms. The molecule has 8 heteroatoms. The second kappa shape index (κ2) is 9.51. The minimum atomic E-state index is -0.745. The number of benzene rings is 1. The van der Waals surface area contributed by atoms with Crippen LogP contribution in [0.25, 0.3) is 0 Å². The zero-order valence-electron chi connectivity index (χ0n) is 15.5. The number of aromatic nitrogens is 2. The van der Waals surface area contributed by atoms with Gasteiger partial charge in [0.15, 0.2) is 0 Å². The van der Waals surface area contributed by atoms with E-state index in [1.165, 1.54) is 0 Å². The molecule has 1 amide bonds. The van der Waals surface area contributed by atoms with E-state index < -0.39 is 17.1 Å². The fraction of sp³-hybridized carbons (Fsp3) is 0.368. The molecule has 0 radical (unpaired) electrons. The summed E-state index contributed by atoms with van der Waals surface area (Å²) in [7, 11) is 0. The van der Waals surface area contributed by atoms with Crippen molar-refractivity contribution >= 4 is 11.6 Å². The standard InChI is InChI=1S/C19H24N4O4/c1-3-5-11-15(24)22-21-14(4-2)16-17(25)20-19(27)23(18(16)26)12-13-9-7-6-8-10-13/h6-10,26H,3-5,11-12H2,1-2H3,(H,22,24)(H,20,25,27). The van der Waals surface area contributed by atoms with Crippen molar-refractivity contribution in [3.05, 3.63) is 62.3 Å². The lowest BCUT2D eigenvalue weighted by Gasteiger charge is -2.12. The third-order valence-electron chi connectivity index (χ3n) is 4.05. The van der Waals surface area contributed by atoms with Crippen molar-refractivity contribution in [3.63, 3.8) is 0 Å². The van der Waals surface area contributed by atoms with Crippen LogP contribution in [0.5, 0.6) is 5.88 Å². The number of carbonyl (C=O) groups excluding carboxylic acids is 1. The van der Waals surface area contributed by atoms with Gasteiger partial charge in [0, 0.05) is 6.42 Å². The highest BCUT2D eigenvalue weighted by Crippen LogP contribution is 2.15. The maximum atomic E-state index is 12.3. The van der Waals surface area contributed by atoms with Crippen LogP contribution in [-0.4, -0.2) is 26.3 Å². The van der Waals surface area contributed by atoms with Gasteiger partial charge < -0.3 is 5.11 Å². The number of hydrazone groups is 1. The molecule has 8 nitrogen and oxygen atoms in total. The van der Waals surface area contributed by atoms with E-state index in [-0.39, 0.29) is 30.1 Å². The SMILES string of the molecule is CCCCC(=O)NN=C(CC)c1c(O)n(Cc2ccccc2)c(=O)[nH]c1=O. The molecule has 2 aromatic rings. The number of amides is 1. The largest absolute Gasteiger partial charge is 0.494 e. The van der Waals surface area contributed by atoms with E-state index in [2.05, 4.69) is 15.5 Å². The smallest absolute Gasteiger partial charge is 0.331 e. The molecule has 27 heavy (non-hydrogen) atoms. The van der Waals surface area contributed by atoms with Gasteiger partial charge in [-0.1, -0.05) is 50.6 Å². The van der Waals surface area contributed by atoms with Crippen molar-refractivity contribution in [2.45, 2.75) is 46.1 Å². The van der Waals surface area contributed by atoms with Crippen LogP contribution >= 0.6 is 0 Å². The van der Waals surface area contributed by atoms with Gasteiger partial charge in [-0.15, -0.1) is 0 Å². The Morgan fingerprint density at radius 2 is 1.93 bits per heavy atom. The van der Waals surface area contributed by atoms with Gasteiger partial charge in [-0.25, -0.2) is 10.2 Å². The van der Waals surface area contributed by atoms with Gasteiger partial charge in [0.2, 0.25) is 11.8 Å². The Bertz CT molecular complexity index is 929. The first-order chi connectivity index (χ1) is 13.0. The van der Waals surface area contributed by atoms with Gasteiger partial charge in [0.1, 0.15) is 5.56 Å². The number of nitrogens with zero attached hydrogens (tertiary/aromatic N) is 2. The third kappa shape index (κ3) is 5.16. The van der Waals surface area contributed by atoms with Gasteiger partial charge in [-0.3, -0.25) is 19.1 Å². The van der Waals surface area contributed by atoms with Crippen LogP contribution in [0.15, 0.2) is 45.0 Å². The topological polar surface area (TPSA) is 117 Å². The maximum Gasteiger partial charge on any atom is 0.331 e. The number of aromatic hydroxyl groups is 1. The zero-order chi connectivity index (χ0) is 19.8. The highest BCUT2D eigenvalue weighted by atomic mass is 16.3. The molecular weight excluding hydrogens is 348 g/mol. The number of rotatable bonds is 8. The van der Waals surface area contributed by atoms with Crippen LogP contribution in [0.2, 0.25) is 0 Å². The highest BCUT2D eigenvalue weighted by molar-refractivity contribution is 6.02. The number of hydrogen-bond donors (Lipinski definition) is 3. The first-order valence-electron chi connectivity index (χ1n) is 8.93. The van der Waals surface area contributed by atoms with Crippen molar-refractivity contribution in [1.29, 1.82) is 0 Å². The maximum absolute atomic E-state index is 12.3. The van der Waals surface area contributed by atoms with Crippen molar-refractivity contribution in [2.75, 3.05) is 0 Å². The lowest BCUT2D eigenvalue weighted by molar-refractivity contribution is -0.121. The first kappa shape index (κ1) is 20.2. The second-order valence-electron chi connectivity index (χ2n) is 6.08. The van der Waals surface area contributed by atoms with E-state index in [1.54, 1.807) is 19.1 Å². The van der Waals surface area contributed by atoms with Crippen molar-refractivity contribution in [2.24, 2.45) is 5.10 Å². The van der Waals surface area contributed by atoms with E-state index in [9.17, 15) is 19.5 Å². The normalized spacial score (nSPS) is 11.4. The summed E-state index contributed by atoms with van der Waals surface area (Å²) in [6, 6.07) is 9.08. The summed E-state index contributed by atoms with van der Waals surface area (Å²) >= 11 is 0. The predicted octanol–water partition coefficient (Wildman–Crippen LogP) is 1.71. The monoisotopic (exact) mass is 372 g/mol. The van der Waals surface area contributed by atoms with Gasteiger partial charge in [0.25, 0.3) is 5.56 Å². The number of aromatic amines is 1. The Labute approximate surface area is 156 Å². The molecule has 0 saturated carbocycles. The molecule has 0 aliphatic heterocycles. The summed E-state index contributed by atoms with van der Waals surface area (Å²) in [5, 5.41) is 14.6. The average Bonchev–Trinajstić information content (AvgIpc) is 2.66. The van der Waals surface area contributed by atoms with E-state index >= 15 is 0 Å². The number of unbranched alkanes of at least 4 members (excludes halogenated alkanes) is 1. The summed E-state index contributed by atoms with van der Waals surface area (Å²) in [6.07, 6.45) is 2.22. The van der Waals surface area contributed by atoms with Gasteiger partial charge >= 0.3 is 5.69 Å². The van der Waals surface area contributed by atoms with E-state index in [4.69, 9.17) is 0 Å². The Hall–Kier alpha value is -3.16. The van der Waals surface area contributed by atoms with Crippen molar-refractivity contribution < 1.29 is 9.90 Å². The van der Waals surface area contributed by atoms with E-state index in [0.29, 0.717) is 6.42 Å². The van der Waals surface area contributed by atoms with Crippen LogP contribution in [0.1, 0.15) is 50.7 Å². The number of hydrogen-bond acceptors (Lipinski definition) is 5.